The SMILES string of the molecule is CC(=O)OC1C/C=C\CC(O)CC2C(C)=CCC(C(C)C)C2C1. The molecule has 0 fully saturated rings. The van der Waals surface area contributed by atoms with E-state index in [0.717, 1.165) is 25.7 Å². The lowest BCUT2D eigenvalue weighted by molar-refractivity contribution is -0.147. The van der Waals surface area contributed by atoms with Crippen LogP contribution in [0.4, 0.5) is 0 Å². The van der Waals surface area contributed by atoms with Gasteiger partial charge < -0.3 is 9.84 Å². The molecule has 2 aliphatic rings. The van der Waals surface area contributed by atoms with Crippen molar-refractivity contribution in [2.75, 3.05) is 0 Å². The molecule has 0 aromatic carbocycles. The maximum Gasteiger partial charge on any atom is 0.302 e. The summed E-state index contributed by atoms with van der Waals surface area (Å²) in [5.41, 5.74) is 1.40. The van der Waals surface area contributed by atoms with Gasteiger partial charge in [-0.2, -0.15) is 0 Å². The van der Waals surface area contributed by atoms with E-state index in [2.05, 4.69) is 32.9 Å². The Kier molecular flexibility index (Phi) is 6.46. The van der Waals surface area contributed by atoms with Gasteiger partial charge >= 0.3 is 5.97 Å². The fraction of sp³-hybridized carbons (Fsp3) is 0.750. The molecule has 2 rings (SSSR count). The Labute approximate surface area is 140 Å². The third-order valence-corrected chi connectivity index (χ3v) is 5.59. The van der Waals surface area contributed by atoms with Crippen LogP contribution in [0.1, 0.15) is 59.8 Å². The van der Waals surface area contributed by atoms with E-state index >= 15 is 0 Å². The molecule has 0 aliphatic heterocycles. The quantitative estimate of drug-likeness (QED) is 0.611. The van der Waals surface area contributed by atoms with E-state index in [1.54, 1.807) is 0 Å². The predicted octanol–water partition coefficient (Wildman–Crippen LogP) is 4.26. The monoisotopic (exact) mass is 320 g/mol. The van der Waals surface area contributed by atoms with Gasteiger partial charge in [0.2, 0.25) is 0 Å². The van der Waals surface area contributed by atoms with Crippen molar-refractivity contribution < 1.29 is 14.6 Å². The van der Waals surface area contributed by atoms with Crippen LogP contribution in [-0.2, 0) is 9.53 Å². The molecule has 0 radical (unpaired) electrons. The molecule has 3 nitrogen and oxygen atoms in total. The van der Waals surface area contributed by atoms with Gasteiger partial charge in [-0.3, -0.25) is 4.79 Å². The van der Waals surface area contributed by atoms with Gasteiger partial charge in [0, 0.05) is 13.3 Å². The van der Waals surface area contributed by atoms with E-state index in [4.69, 9.17) is 4.74 Å². The van der Waals surface area contributed by atoms with Gasteiger partial charge in [0.15, 0.2) is 0 Å². The van der Waals surface area contributed by atoms with Crippen LogP contribution >= 0.6 is 0 Å². The van der Waals surface area contributed by atoms with E-state index in [9.17, 15) is 9.90 Å². The smallest absolute Gasteiger partial charge is 0.302 e. The minimum Gasteiger partial charge on any atom is -0.462 e. The fourth-order valence-corrected chi connectivity index (χ4v) is 4.37. The van der Waals surface area contributed by atoms with E-state index < -0.39 is 0 Å². The number of hydrogen-bond acceptors (Lipinski definition) is 3. The molecule has 0 saturated heterocycles. The maximum atomic E-state index is 11.5. The lowest BCUT2D eigenvalue weighted by Crippen LogP contribution is -2.36. The highest BCUT2D eigenvalue weighted by Crippen LogP contribution is 2.44. The largest absolute Gasteiger partial charge is 0.462 e. The van der Waals surface area contributed by atoms with E-state index in [0.29, 0.717) is 30.1 Å². The van der Waals surface area contributed by atoms with Gasteiger partial charge in [-0.25, -0.2) is 0 Å². The van der Waals surface area contributed by atoms with Crippen molar-refractivity contribution in [2.45, 2.75) is 72.0 Å². The molecule has 23 heavy (non-hydrogen) atoms. The zero-order chi connectivity index (χ0) is 17.0. The van der Waals surface area contributed by atoms with Crippen molar-refractivity contribution >= 4 is 5.97 Å². The molecule has 0 spiro atoms. The number of allylic oxidation sites excluding steroid dienone is 2. The summed E-state index contributed by atoms with van der Waals surface area (Å²) >= 11 is 0. The minimum atomic E-state index is -0.279. The third-order valence-electron chi connectivity index (χ3n) is 5.59. The Morgan fingerprint density at radius 2 is 1.91 bits per heavy atom. The maximum absolute atomic E-state index is 11.5. The van der Waals surface area contributed by atoms with Crippen LogP contribution in [0.2, 0.25) is 0 Å². The molecule has 0 heterocycles. The molecule has 0 aromatic heterocycles. The van der Waals surface area contributed by atoms with Gasteiger partial charge in [0.05, 0.1) is 6.10 Å². The first-order valence-corrected chi connectivity index (χ1v) is 9.05. The highest BCUT2D eigenvalue weighted by molar-refractivity contribution is 5.66. The van der Waals surface area contributed by atoms with Crippen LogP contribution in [-0.4, -0.2) is 23.3 Å². The molecule has 5 atom stereocenters. The zero-order valence-corrected chi connectivity index (χ0v) is 15.0. The van der Waals surface area contributed by atoms with Crippen molar-refractivity contribution in [3.05, 3.63) is 23.8 Å². The van der Waals surface area contributed by atoms with Crippen molar-refractivity contribution in [3.8, 4) is 0 Å². The first-order valence-electron chi connectivity index (χ1n) is 9.05. The van der Waals surface area contributed by atoms with Crippen LogP contribution in [0.3, 0.4) is 0 Å². The number of fused-ring (bicyclic) bond motifs is 1. The van der Waals surface area contributed by atoms with Crippen molar-refractivity contribution in [3.63, 3.8) is 0 Å². The number of carbonyl (C=O) groups is 1. The summed E-state index contributed by atoms with van der Waals surface area (Å²) in [7, 11) is 0. The summed E-state index contributed by atoms with van der Waals surface area (Å²) in [5.74, 6) is 1.88. The zero-order valence-electron chi connectivity index (χ0n) is 15.0. The number of carbonyl (C=O) groups excluding carboxylic acids is 1. The van der Waals surface area contributed by atoms with E-state index in [1.165, 1.54) is 12.5 Å². The highest BCUT2D eigenvalue weighted by atomic mass is 16.5. The second kappa shape index (κ2) is 8.14. The standard InChI is InChI=1S/C20H32O3/c1-13(2)18-10-9-14(3)19-11-16(22)7-5-6-8-17(12-20(18)19)23-15(4)21/h5-6,9,13,16-20,22H,7-8,10-12H2,1-4H3/b6-5-. The molecule has 130 valence electrons. The van der Waals surface area contributed by atoms with Crippen LogP contribution in [0.5, 0.6) is 0 Å². The first-order chi connectivity index (χ1) is 10.9. The predicted molar refractivity (Wildman–Crippen MR) is 92.9 cm³/mol. The third kappa shape index (κ3) is 4.94. The first kappa shape index (κ1) is 18.3. The Morgan fingerprint density at radius 1 is 1.22 bits per heavy atom. The van der Waals surface area contributed by atoms with Gasteiger partial charge in [-0.15, -0.1) is 0 Å². The van der Waals surface area contributed by atoms with Gasteiger partial charge in [-0.05, 0) is 56.3 Å². The second-order valence-corrected chi connectivity index (χ2v) is 7.66. The van der Waals surface area contributed by atoms with E-state index in [1.807, 2.05) is 6.08 Å². The molecule has 0 bridgehead atoms. The van der Waals surface area contributed by atoms with Crippen LogP contribution < -0.4 is 0 Å². The highest BCUT2D eigenvalue weighted by Gasteiger charge is 2.37. The molecule has 1 N–H and O–H groups in total. The summed E-state index contributed by atoms with van der Waals surface area (Å²) in [6.07, 6.45) is 10.4. The number of esters is 1. The summed E-state index contributed by atoms with van der Waals surface area (Å²) in [6, 6.07) is 0. The molecule has 5 unspecified atom stereocenters. The lowest BCUT2D eigenvalue weighted by atomic mass is 9.64. The average Bonchev–Trinajstić information content (AvgIpc) is 2.46. The molecular formula is C20H32O3. The Bertz CT molecular complexity index is 464. The number of ether oxygens (including phenoxy) is 1. The number of hydrogen-bond donors (Lipinski definition) is 1. The summed E-state index contributed by atoms with van der Waals surface area (Å²) in [5, 5.41) is 10.4. The van der Waals surface area contributed by atoms with Crippen LogP contribution in [0.15, 0.2) is 23.8 Å². The van der Waals surface area contributed by atoms with Crippen molar-refractivity contribution in [1.29, 1.82) is 0 Å². The molecule has 3 heteroatoms. The van der Waals surface area contributed by atoms with Crippen LogP contribution in [0, 0.1) is 23.7 Å². The molecular weight excluding hydrogens is 288 g/mol. The van der Waals surface area contributed by atoms with E-state index in [-0.39, 0.29) is 18.2 Å². The average molecular weight is 320 g/mol. The summed E-state index contributed by atoms with van der Waals surface area (Å²) < 4.78 is 5.59. The number of rotatable bonds is 2. The van der Waals surface area contributed by atoms with Gasteiger partial charge in [-0.1, -0.05) is 37.6 Å². The Hall–Kier alpha value is -1.09. The van der Waals surface area contributed by atoms with Crippen molar-refractivity contribution in [2.24, 2.45) is 23.7 Å². The Balaban J connectivity index is 2.29. The summed E-state index contributed by atoms with van der Waals surface area (Å²) in [6.45, 7) is 8.26. The molecule has 0 saturated carbocycles. The van der Waals surface area contributed by atoms with Crippen LogP contribution in [0.25, 0.3) is 0 Å². The lowest BCUT2D eigenvalue weighted by Gasteiger charge is -2.42. The van der Waals surface area contributed by atoms with Crippen molar-refractivity contribution in [1.82, 2.24) is 0 Å². The molecule has 2 aliphatic carbocycles. The summed E-state index contributed by atoms with van der Waals surface area (Å²) in [4.78, 5) is 11.5. The topological polar surface area (TPSA) is 46.5 Å². The normalized spacial score (nSPS) is 36.8. The fourth-order valence-electron chi connectivity index (χ4n) is 4.37. The Morgan fingerprint density at radius 3 is 2.57 bits per heavy atom. The molecule has 0 amide bonds. The minimum absolute atomic E-state index is 0.0429. The number of aliphatic hydroxyl groups is 1. The van der Waals surface area contributed by atoms with Gasteiger partial charge in [0.1, 0.15) is 6.10 Å². The molecule has 0 aromatic rings. The second-order valence-electron chi connectivity index (χ2n) is 7.66. The van der Waals surface area contributed by atoms with Gasteiger partial charge in [0.25, 0.3) is 0 Å². The number of aliphatic hydroxyl groups excluding tert-OH is 1.